The van der Waals surface area contributed by atoms with Gasteiger partial charge in [-0.05, 0) is 60.1 Å². The van der Waals surface area contributed by atoms with Crippen molar-refractivity contribution < 1.29 is 4.79 Å². The molecule has 0 bridgehead atoms. The monoisotopic (exact) mass is 303 g/mol. The molecule has 3 rings (SSSR count). The lowest BCUT2D eigenvalue weighted by Crippen LogP contribution is -2.41. The Hall–Kier alpha value is -1.62. The molecule has 2 aromatic rings. The summed E-state index contributed by atoms with van der Waals surface area (Å²) in [4.78, 5) is 14.4. The van der Waals surface area contributed by atoms with Crippen LogP contribution in [0.1, 0.15) is 29.7 Å². The molecule has 0 radical (unpaired) electrons. The van der Waals surface area contributed by atoms with Crippen LogP contribution in [-0.4, -0.2) is 34.1 Å². The highest BCUT2D eigenvalue weighted by atomic mass is 32.1. The van der Waals surface area contributed by atoms with Gasteiger partial charge in [-0.3, -0.25) is 9.89 Å². The third-order valence-corrected chi connectivity index (χ3v) is 4.97. The second kappa shape index (κ2) is 6.43. The zero-order valence-corrected chi connectivity index (χ0v) is 13.2. The van der Waals surface area contributed by atoms with Crippen molar-refractivity contribution in [2.24, 2.45) is 5.92 Å². The molecule has 1 fully saturated rings. The SMILES string of the molecule is Cc1cn[nH]c1C[C@@H]1CCCN(C(=O)Cc2ccsc2)C1. The van der Waals surface area contributed by atoms with Gasteiger partial charge in [0, 0.05) is 18.8 Å². The van der Waals surface area contributed by atoms with Crippen LogP contribution >= 0.6 is 11.3 Å². The van der Waals surface area contributed by atoms with E-state index in [-0.39, 0.29) is 5.91 Å². The summed E-state index contributed by atoms with van der Waals surface area (Å²) in [5, 5.41) is 11.3. The maximum absolute atomic E-state index is 12.4. The van der Waals surface area contributed by atoms with Crippen molar-refractivity contribution in [3.05, 3.63) is 39.8 Å². The number of nitrogens with one attached hydrogen (secondary N) is 1. The second-order valence-corrected chi connectivity index (χ2v) is 6.67. The van der Waals surface area contributed by atoms with E-state index in [2.05, 4.69) is 22.5 Å². The molecule has 1 amide bonds. The average Bonchev–Trinajstić information content (AvgIpc) is 3.12. The van der Waals surface area contributed by atoms with Gasteiger partial charge in [0.1, 0.15) is 0 Å². The average molecular weight is 303 g/mol. The van der Waals surface area contributed by atoms with Crippen LogP contribution in [0.15, 0.2) is 23.0 Å². The zero-order valence-electron chi connectivity index (χ0n) is 12.3. The first-order chi connectivity index (χ1) is 10.2. The maximum Gasteiger partial charge on any atom is 0.227 e. The minimum Gasteiger partial charge on any atom is -0.342 e. The van der Waals surface area contributed by atoms with Crippen LogP contribution in [0.4, 0.5) is 0 Å². The van der Waals surface area contributed by atoms with E-state index in [1.54, 1.807) is 11.3 Å². The Morgan fingerprint density at radius 2 is 2.48 bits per heavy atom. The molecule has 0 unspecified atom stereocenters. The van der Waals surface area contributed by atoms with Crippen LogP contribution in [0.25, 0.3) is 0 Å². The van der Waals surface area contributed by atoms with E-state index in [9.17, 15) is 4.79 Å². The molecule has 0 aliphatic carbocycles. The van der Waals surface area contributed by atoms with Gasteiger partial charge in [0.2, 0.25) is 5.91 Å². The summed E-state index contributed by atoms with van der Waals surface area (Å²) in [6.45, 7) is 3.87. The van der Waals surface area contributed by atoms with Gasteiger partial charge in [-0.15, -0.1) is 0 Å². The molecule has 0 saturated carbocycles. The normalized spacial score (nSPS) is 18.9. The minimum absolute atomic E-state index is 0.263. The van der Waals surface area contributed by atoms with E-state index in [1.807, 2.05) is 22.5 Å². The predicted molar refractivity (Wildman–Crippen MR) is 84.4 cm³/mol. The van der Waals surface area contributed by atoms with Gasteiger partial charge < -0.3 is 4.90 Å². The fourth-order valence-electron chi connectivity index (χ4n) is 3.01. The number of hydrogen-bond acceptors (Lipinski definition) is 3. The third-order valence-electron chi connectivity index (χ3n) is 4.23. The Morgan fingerprint density at radius 3 is 3.19 bits per heavy atom. The molecule has 3 heterocycles. The molecular weight excluding hydrogens is 282 g/mol. The van der Waals surface area contributed by atoms with E-state index in [0.29, 0.717) is 12.3 Å². The maximum atomic E-state index is 12.4. The summed E-state index contributed by atoms with van der Waals surface area (Å²) in [5.74, 6) is 0.809. The molecule has 4 nitrogen and oxygen atoms in total. The zero-order chi connectivity index (χ0) is 14.7. The van der Waals surface area contributed by atoms with Gasteiger partial charge in [0.05, 0.1) is 12.6 Å². The highest BCUT2D eigenvalue weighted by molar-refractivity contribution is 7.07. The van der Waals surface area contributed by atoms with Crippen molar-refractivity contribution in [3.8, 4) is 0 Å². The quantitative estimate of drug-likeness (QED) is 0.944. The minimum atomic E-state index is 0.263. The van der Waals surface area contributed by atoms with E-state index in [0.717, 1.165) is 31.5 Å². The number of aryl methyl sites for hydroxylation is 1. The van der Waals surface area contributed by atoms with Crippen LogP contribution in [0.2, 0.25) is 0 Å². The van der Waals surface area contributed by atoms with Crippen LogP contribution in [0.5, 0.6) is 0 Å². The van der Waals surface area contributed by atoms with Gasteiger partial charge in [0.15, 0.2) is 0 Å². The number of aromatic amines is 1. The van der Waals surface area contributed by atoms with Crippen LogP contribution in [0.3, 0.4) is 0 Å². The Morgan fingerprint density at radius 1 is 1.57 bits per heavy atom. The third kappa shape index (κ3) is 3.53. The van der Waals surface area contributed by atoms with E-state index < -0.39 is 0 Å². The molecule has 2 aromatic heterocycles. The molecule has 1 aliphatic rings. The smallest absolute Gasteiger partial charge is 0.227 e. The highest BCUT2D eigenvalue weighted by Gasteiger charge is 2.24. The lowest BCUT2D eigenvalue weighted by Gasteiger charge is -2.32. The lowest BCUT2D eigenvalue weighted by atomic mass is 9.92. The number of amides is 1. The van der Waals surface area contributed by atoms with E-state index in [1.165, 1.54) is 17.7 Å². The first-order valence-electron chi connectivity index (χ1n) is 7.50. The number of H-pyrrole nitrogens is 1. The summed E-state index contributed by atoms with van der Waals surface area (Å²) >= 11 is 1.65. The van der Waals surface area contributed by atoms with Gasteiger partial charge >= 0.3 is 0 Å². The molecule has 1 aliphatic heterocycles. The van der Waals surface area contributed by atoms with Crippen LogP contribution in [-0.2, 0) is 17.6 Å². The summed E-state index contributed by atoms with van der Waals surface area (Å²) < 4.78 is 0. The number of rotatable bonds is 4. The van der Waals surface area contributed by atoms with Gasteiger partial charge in [0.25, 0.3) is 0 Å². The number of likely N-dealkylation sites (tertiary alicyclic amines) is 1. The molecule has 0 spiro atoms. The molecule has 1 saturated heterocycles. The number of carbonyl (C=O) groups excluding carboxylic acids is 1. The summed E-state index contributed by atoms with van der Waals surface area (Å²) in [6.07, 6.45) is 5.71. The fourth-order valence-corrected chi connectivity index (χ4v) is 3.67. The fraction of sp³-hybridized carbons (Fsp3) is 0.500. The Bertz CT molecular complexity index is 590. The Balaban J connectivity index is 1.57. The summed E-state index contributed by atoms with van der Waals surface area (Å²) in [5.41, 5.74) is 3.57. The van der Waals surface area contributed by atoms with Crippen molar-refractivity contribution in [1.29, 1.82) is 0 Å². The largest absolute Gasteiger partial charge is 0.342 e. The second-order valence-electron chi connectivity index (χ2n) is 5.89. The molecular formula is C16H21N3OS. The number of nitrogens with zero attached hydrogens (tertiary/aromatic N) is 2. The number of piperidine rings is 1. The Labute approximate surface area is 129 Å². The molecule has 5 heteroatoms. The summed E-state index contributed by atoms with van der Waals surface area (Å²) in [6, 6.07) is 2.04. The highest BCUT2D eigenvalue weighted by Crippen LogP contribution is 2.22. The van der Waals surface area contributed by atoms with Crippen molar-refractivity contribution in [1.82, 2.24) is 15.1 Å². The molecule has 1 atom stereocenters. The topological polar surface area (TPSA) is 49.0 Å². The molecule has 112 valence electrons. The van der Waals surface area contributed by atoms with Crippen molar-refractivity contribution in [2.45, 2.75) is 32.6 Å². The first-order valence-corrected chi connectivity index (χ1v) is 8.44. The number of aromatic nitrogens is 2. The number of carbonyl (C=O) groups is 1. The van der Waals surface area contributed by atoms with E-state index in [4.69, 9.17) is 0 Å². The molecule has 1 N–H and O–H groups in total. The number of thiophene rings is 1. The van der Waals surface area contributed by atoms with Gasteiger partial charge in [-0.25, -0.2) is 0 Å². The van der Waals surface area contributed by atoms with Crippen molar-refractivity contribution in [2.75, 3.05) is 13.1 Å². The van der Waals surface area contributed by atoms with E-state index >= 15 is 0 Å². The van der Waals surface area contributed by atoms with Gasteiger partial charge in [-0.1, -0.05) is 0 Å². The standard InChI is InChI=1S/C16H21N3OS/c1-12-9-17-18-15(12)7-13-3-2-5-19(10-13)16(20)8-14-4-6-21-11-14/h4,6,9,11,13H,2-3,5,7-8,10H2,1H3,(H,17,18)/t13-/m0/s1. The van der Waals surface area contributed by atoms with Crippen LogP contribution in [0, 0.1) is 12.8 Å². The Kier molecular flexibility index (Phi) is 4.39. The molecule has 21 heavy (non-hydrogen) atoms. The van der Waals surface area contributed by atoms with Crippen LogP contribution < -0.4 is 0 Å². The van der Waals surface area contributed by atoms with Crippen molar-refractivity contribution in [3.63, 3.8) is 0 Å². The van der Waals surface area contributed by atoms with Gasteiger partial charge in [-0.2, -0.15) is 16.4 Å². The first kappa shape index (κ1) is 14.3. The van der Waals surface area contributed by atoms with Crippen molar-refractivity contribution >= 4 is 17.2 Å². The lowest BCUT2D eigenvalue weighted by molar-refractivity contribution is -0.132. The number of hydrogen-bond donors (Lipinski definition) is 1. The molecule has 0 aromatic carbocycles. The summed E-state index contributed by atoms with van der Waals surface area (Å²) in [7, 11) is 0. The predicted octanol–water partition coefficient (Wildman–Crippen LogP) is 2.80.